The molecule has 0 aliphatic carbocycles. The maximum atomic E-state index is 12.2. The van der Waals surface area contributed by atoms with Gasteiger partial charge in [0, 0.05) is 10.0 Å². The number of aromatic amines is 1. The van der Waals surface area contributed by atoms with E-state index in [0.29, 0.717) is 11.4 Å². The van der Waals surface area contributed by atoms with E-state index in [1.165, 1.54) is 0 Å². The first-order chi connectivity index (χ1) is 12.6. The highest BCUT2D eigenvalue weighted by Crippen LogP contribution is 2.20. The summed E-state index contributed by atoms with van der Waals surface area (Å²) in [5.74, 6) is -0.343. The summed E-state index contributed by atoms with van der Waals surface area (Å²) < 4.78 is 0.989. The van der Waals surface area contributed by atoms with Gasteiger partial charge in [-0.25, -0.2) is 5.43 Å². The Bertz CT molecular complexity index is 943. The fourth-order valence-corrected chi connectivity index (χ4v) is 2.57. The molecule has 0 aliphatic heterocycles. The second-order valence-electron chi connectivity index (χ2n) is 5.67. The number of aromatic nitrogens is 2. The number of nitrogens with zero attached hydrogens (tertiary/aromatic N) is 2. The molecule has 0 radical (unpaired) electrons. The second kappa shape index (κ2) is 8.40. The number of carbonyl (C=O) groups is 1. The molecule has 0 saturated carbocycles. The van der Waals surface area contributed by atoms with E-state index in [9.17, 15) is 4.79 Å². The van der Waals surface area contributed by atoms with Crippen LogP contribution in [0.5, 0.6) is 0 Å². The topological polar surface area (TPSA) is 70.1 Å². The molecule has 0 saturated heterocycles. The van der Waals surface area contributed by atoms with E-state index < -0.39 is 0 Å². The van der Waals surface area contributed by atoms with Gasteiger partial charge in [-0.3, -0.25) is 9.89 Å². The van der Waals surface area contributed by atoms with E-state index in [-0.39, 0.29) is 5.91 Å². The SMILES string of the molecule is CC(/C=N/NC(=O)c1cc(-c2ccc(Br)cc2)n[nH]1)=C\c1ccccc1. The van der Waals surface area contributed by atoms with Gasteiger partial charge < -0.3 is 0 Å². The lowest BCUT2D eigenvalue weighted by Gasteiger charge is -1.97. The van der Waals surface area contributed by atoms with E-state index in [1.807, 2.05) is 67.6 Å². The van der Waals surface area contributed by atoms with Crippen LogP contribution in [0.4, 0.5) is 0 Å². The standard InChI is InChI=1S/C20H17BrN4O/c1-14(11-15-5-3-2-4-6-15)13-22-25-20(26)19-12-18(23-24-19)16-7-9-17(21)10-8-16/h2-13H,1H3,(H,23,24)(H,25,26)/b14-11+,22-13+. The third-order valence-electron chi connectivity index (χ3n) is 3.59. The first kappa shape index (κ1) is 17.8. The highest BCUT2D eigenvalue weighted by molar-refractivity contribution is 9.10. The maximum Gasteiger partial charge on any atom is 0.289 e. The Morgan fingerprint density at radius 3 is 2.62 bits per heavy atom. The average Bonchev–Trinajstić information content (AvgIpc) is 3.13. The van der Waals surface area contributed by atoms with Crippen LogP contribution in [-0.2, 0) is 0 Å². The summed E-state index contributed by atoms with van der Waals surface area (Å²) in [5.41, 5.74) is 6.48. The van der Waals surface area contributed by atoms with Crippen LogP contribution in [0.2, 0.25) is 0 Å². The molecule has 130 valence electrons. The zero-order chi connectivity index (χ0) is 18.4. The van der Waals surface area contributed by atoms with Gasteiger partial charge in [-0.05, 0) is 36.3 Å². The van der Waals surface area contributed by atoms with Gasteiger partial charge in [0.05, 0.1) is 11.9 Å². The number of hydrogen-bond donors (Lipinski definition) is 2. The van der Waals surface area contributed by atoms with E-state index >= 15 is 0 Å². The Hall–Kier alpha value is -2.99. The van der Waals surface area contributed by atoms with Crippen molar-refractivity contribution in [1.29, 1.82) is 0 Å². The van der Waals surface area contributed by atoms with Crippen LogP contribution in [0.25, 0.3) is 17.3 Å². The molecule has 2 N–H and O–H groups in total. The van der Waals surface area contributed by atoms with Crippen molar-refractivity contribution in [2.75, 3.05) is 0 Å². The summed E-state index contributed by atoms with van der Waals surface area (Å²) in [5, 5.41) is 10.9. The zero-order valence-electron chi connectivity index (χ0n) is 14.1. The van der Waals surface area contributed by atoms with E-state index in [0.717, 1.165) is 21.2 Å². The molecule has 3 aromatic rings. The third kappa shape index (κ3) is 4.77. The van der Waals surface area contributed by atoms with Crippen molar-refractivity contribution in [2.24, 2.45) is 5.10 Å². The van der Waals surface area contributed by atoms with E-state index in [1.54, 1.807) is 12.3 Å². The Balaban J connectivity index is 1.62. The quantitative estimate of drug-likeness (QED) is 0.476. The summed E-state index contributed by atoms with van der Waals surface area (Å²) >= 11 is 3.39. The molecule has 0 fully saturated rings. The molecule has 0 bridgehead atoms. The van der Waals surface area contributed by atoms with Crippen LogP contribution in [-0.4, -0.2) is 22.3 Å². The monoisotopic (exact) mass is 408 g/mol. The molecule has 0 spiro atoms. The lowest BCUT2D eigenvalue weighted by atomic mass is 10.1. The van der Waals surface area contributed by atoms with Gasteiger partial charge in [0.15, 0.2) is 0 Å². The molecule has 1 aromatic heterocycles. The molecule has 2 aromatic carbocycles. The molecule has 5 nitrogen and oxygen atoms in total. The summed E-state index contributed by atoms with van der Waals surface area (Å²) in [6, 6.07) is 19.3. The number of H-pyrrole nitrogens is 1. The number of carbonyl (C=O) groups excluding carboxylic acids is 1. The predicted molar refractivity (Wildman–Crippen MR) is 108 cm³/mol. The van der Waals surface area contributed by atoms with Gasteiger partial charge in [-0.1, -0.05) is 64.5 Å². The molecular weight excluding hydrogens is 392 g/mol. The number of allylic oxidation sites excluding steroid dienone is 1. The molecule has 1 heterocycles. The summed E-state index contributed by atoms with van der Waals surface area (Å²) in [6.07, 6.45) is 3.59. The minimum atomic E-state index is -0.343. The third-order valence-corrected chi connectivity index (χ3v) is 4.12. The normalized spacial score (nSPS) is 11.7. The molecular formula is C20H17BrN4O. The molecule has 0 atom stereocenters. The highest BCUT2D eigenvalue weighted by atomic mass is 79.9. The zero-order valence-corrected chi connectivity index (χ0v) is 15.7. The van der Waals surface area contributed by atoms with Crippen molar-refractivity contribution < 1.29 is 4.79 Å². The number of nitrogens with one attached hydrogen (secondary N) is 2. The summed E-state index contributed by atoms with van der Waals surface area (Å²) in [7, 11) is 0. The molecule has 6 heteroatoms. The minimum Gasteiger partial charge on any atom is -0.272 e. The average molecular weight is 409 g/mol. The highest BCUT2D eigenvalue weighted by Gasteiger charge is 2.10. The Kier molecular flexibility index (Phi) is 5.76. The van der Waals surface area contributed by atoms with Crippen molar-refractivity contribution in [3.8, 4) is 11.3 Å². The van der Waals surface area contributed by atoms with Gasteiger partial charge in [-0.15, -0.1) is 0 Å². The lowest BCUT2D eigenvalue weighted by Crippen LogP contribution is -2.17. The lowest BCUT2D eigenvalue weighted by molar-refractivity contribution is 0.0950. The first-order valence-electron chi connectivity index (χ1n) is 8.00. The molecule has 1 amide bonds. The fourth-order valence-electron chi connectivity index (χ4n) is 2.31. The van der Waals surface area contributed by atoms with Crippen LogP contribution < -0.4 is 5.43 Å². The number of halogens is 1. The molecule has 0 aliphatic rings. The van der Waals surface area contributed by atoms with Crippen molar-refractivity contribution in [2.45, 2.75) is 6.92 Å². The predicted octanol–water partition coefficient (Wildman–Crippen LogP) is 4.66. The van der Waals surface area contributed by atoms with Gasteiger partial charge >= 0.3 is 0 Å². The van der Waals surface area contributed by atoms with Crippen LogP contribution in [0.15, 0.2) is 75.8 Å². The van der Waals surface area contributed by atoms with Crippen molar-refractivity contribution in [3.63, 3.8) is 0 Å². The van der Waals surface area contributed by atoms with Crippen LogP contribution >= 0.6 is 15.9 Å². The Labute approximate surface area is 160 Å². The van der Waals surface area contributed by atoms with Crippen molar-refractivity contribution in [1.82, 2.24) is 15.6 Å². The molecule has 26 heavy (non-hydrogen) atoms. The molecule has 0 unspecified atom stereocenters. The van der Waals surface area contributed by atoms with Crippen LogP contribution in [0.3, 0.4) is 0 Å². The van der Waals surface area contributed by atoms with Crippen molar-refractivity contribution in [3.05, 3.63) is 82.0 Å². The van der Waals surface area contributed by atoms with E-state index in [4.69, 9.17) is 0 Å². The van der Waals surface area contributed by atoms with Gasteiger partial charge in [0.2, 0.25) is 0 Å². The summed E-state index contributed by atoms with van der Waals surface area (Å²) in [4.78, 5) is 12.2. The number of amides is 1. The van der Waals surface area contributed by atoms with Gasteiger partial charge in [0.1, 0.15) is 5.69 Å². The maximum absolute atomic E-state index is 12.2. The summed E-state index contributed by atoms with van der Waals surface area (Å²) in [6.45, 7) is 1.92. The first-order valence-corrected chi connectivity index (χ1v) is 8.79. The number of hydrazone groups is 1. The largest absolute Gasteiger partial charge is 0.289 e. The van der Waals surface area contributed by atoms with Crippen molar-refractivity contribution >= 4 is 34.1 Å². The fraction of sp³-hybridized carbons (Fsp3) is 0.0500. The minimum absolute atomic E-state index is 0.343. The second-order valence-corrected chi connectivity index (χ2v) is 6.59. The molecule has 3 rings (SSSR count). The number of benzene rings is 2. The van der Waals surface area contributed by atoms with Crippen LogP contribution in [0.1, 0.15) is 23.0 Å². The van der Waals surface area contributed by atoms with Gasteiger partial charge in [-0.2, -0.15) is 10.2 Å². The Morgan fingerprint density at radius 2 is 1.88 bits per heavy atom. The smallest absolute Gasteiger partial charge is 0.272 e. The number of rotatable bonds is 5. The van der Waals surface area contributed by atoms with Gasteiger partial charge in [0.25, 0.3) is 5.91 Å². The Morgan fingerprint density at radius 1 is 1.15 bits per heavy atom. The number of hydrogen-bond acceptors (Lipinski definition) is 3. The van der Waals surface area contributed by atoms with Crippen LogP contribution in [0, 0.1) is 0 Å². The van der Waals surface area contributed by atoms with E-state index in [2.05, 4.69) is 36.7 Å².